The standard InChI is InChI=1S/C38H43ClN4O5.2C2H6O/c39-13-3-1-2-4-19-46-21-22-47-20-14-41-37(45)26-7-10-29-32(23-26)38(36(40)35(29)44)30-11-8-27(42-15-5-16-42)24-33(30)48-34-25-28(9-12-31(34)38)43-17-6-18-43;2*1-3-2/h7-12,23-25,40H,1-6,13-22H2,(H,41,45);2*1-2H3. The highest BCUT2D eigenvalue weighted by molar-refractivity contribution is 6.53. The molecule has 1 spiro atoms. The summed E-state index contributed by atoms with van der Waals surface area (Å²) < 4.78 is 26.4. The Morgan fingerprint density at radius 1 is 0.759 bits per heavy atom. The summed E-state index contributed by atoms with van der Waals surface area (Å²) in [6, 6.07) is 17.3. The van der Waals surface area contributed by atoms with Crippen LogP contribution >= 0.6 is 11.6 Å². The van der Waals surface area contributed by atoms with Gasteiger partial charge < -0.3 is 38.8 Å². The number of nitrogens with zero attached hydrogens (tertiary/aromatic N) is 2. The Morgan fingerprint density at radius 3 is 1.85 bits per heavy atom. The molecule has 11 nitrogen and oxygen atoms in total. The second kappa shape index (κ2) is 20.1. The molecule has 2 saturated heterocycles. The van der Waals surface area contributed by atoms with Gasteiger partial charge in [-0.2, -0.15) is 0 Å². The predicted octanol–water partition coefficient (Wildman–Crippen LogP) is 6.85. The van der Waals surface area contributed by atoms with Crippen LogP contribution in [0, 0.1) is 5.41 Å². The van der Waals surface area contributed by atoms with E-state index in [-0.39, 0.29) is 17.4 Å². The Labute approximate surface area is 324 Å². The molecule has 3 aromatic rings. The average Bonchev–Trinajstić information content (AvgIpc) is 3.33. The zero-order chi connectivity index (χ0) is 38.5. The van der Waals surface area contributed by atoms with Gasteiger partial charge in [-0.25, -0.2) is 0 Å². The smallest absolute Gasteiger partial charge is 0.251 e. The number of methoxy groups -OCH3 is 2. The number of halogens is 1. The van der Waals surface area contributed by atoms with Gasteiger partial charge in [0.2, 0.25) is 5.78 Å². The lowest BCUT2D eigenvalue weighted by Gasteiger charge is -2.40. The summed E-state index contributed by atoms with van der Waals surface area (Å²) in [7, 11) is 6.50. The molecule has 0 atom stereocenters. The Morgan fingerprint density at radius 2 is 1.31 bits per heavy atom. The van der Waals surface area contributed by atoms with Gasteiger partial charge in [-0.3, -0.25) is 15.0 Å². The van der Waals surface area contributed by atoms with E-state index in [9.17, 15) is 15.0 Å². The van der Waals surface area contributed by atoms with Crippen LogP contribution in [0.5, 0.6) is 11.5 Å². The minimum atomic E-state index is -1.19. The molecular weight excluding hydrogens is 708 g/mol. The van der Waals surface area contributed by atoms with Crippen LogP contribution in [0.2, 0.25) is 0 Å². The first-order valence-corrected chi connectivity index (χ1v) is 19.4. The number of ketones is 1. The van der Waals surface area contributed by atoms with Crippen molar-refractivity contribution in [1.82, 2.24) is 5.32 Å². The molecule has 4 aliphatic rings. The highest BCUT2D eigenvalue weighted by Gasteiger charge is 2.56. The monoisotopic (exact) mass is 762 g/mol. The molecular formula is C42H55ClN4O7. The summed E-state index contributed by atoms with van der Waals surface area (Å²) in [5.41, 5.74) is 3.91. The van der Waals surface area contributed by atoms with Crippen LogP contribution in [-0.2, 0) is 24.4 Å². The van der Waals surface area contributed by atoms with E-state index in [1.165, 1.54) is 0 Å². The highest BCUT2D eigenvalue weighted by Crippen LogP contribution is 2.57. The number of hydrogen-bond acceptors (Lipinski definition) is 10. The zero-order valence-electron chi connectivity index (χ0n) is 32.1. The Bertz CT molecular complexity index is 1680. The van der Waals surface area contributed by atoms with Gasteiger partial charge in [0.25, 0.3) is 5.91 Å². The van der Waals surface area contributed by atoms with Gasteiger partial charge in [-0.15, -0.1) is 11.6 Å². The second-order valence-electron chi connectivity index (χ2n) is 13.8. The Hall–Kier alpha value is -4.00. The van der Waals surface area contributed by atoms with Gasteiger partial charge in [0.1, 0.15) is 11.5 Å². The molecule has 1 aliphatic carbocycles. The lowest BCUT2D eigenvalue weighted by atomic mass is 9.67. The van der Waals surface area contributed by atoms with Gasteiger partial charge in [-0.1, -0.05) is 25.0 Å². The maximum Gasteiger partial charge on any atom is 0.251 e. The number of carbonyl (C=O) groups is 2. The number of unbranched alkanes of at least 4 members (excludes halogenated alkanes) is 3. The number of amides is 1. The number of anilines is 2. The third-order valence-electron chi connectivity index (χ3n) is 10.0. The van der Waals surface area contributed by atoms with Crippen LogP contribution in [0.15, 0.2) is 54.6 Å². The molecule has 2 fully saturated rings. The second-order valence-corrected chi connectivity index (χ2v) is 14.1. The minimum Gasteiger partial charge on any atom is -0.457 e. The summed E-state index contributed by atoms with van der Waals surface area (Å²) in [5.74, 6) is 1.39. The summed E-state index contributed by atoms with van der Waals surface area (Å²) in [6.07, 6.45) is 6.60. The van der Waals surface area contributed by atoms with E-state index in [0.717, 1.165) is 87.2 Å². The molecule has 3 aliphatic heterocycles. The highest BCUT2D eigenvalue weighted by atomic mass is 35.5. The minimum absolute atomic E-state index is 0.0277. The van der Waals surface area contributed by atoms with Crippen LogP contribution in [0.4, 0.5) is 11.4 Å². The summed E-state index contributed by atoms with van der Waals surface area (Å²) in [6.45, 7) is 6.35. The van der Waals surface area contributed by atoms with Crippen LogP contribution in [0.1, 0.15) is 75.9 Å². The third kappa shape index (κ3) is 8.92. The SMILES string of the molecule is COC.COC.N=C1C(=O)c2ccc(C(=O)NCCOCCOCCCCCCCl)cc2C12c1ccc(N3CCC3)cc1Oc1cc(N3CCC3)ccc12. The van der Waals surface area contributed by atoms with E-state index < -0.39 is 5.41 Å². The molecule has 54 heavy (non-hydrogen) atoms. The average molecular weight is 763 g/mol. The molecule has 3 aromatic carbocycles. The normalized spacial score (nSPS) is 15.7. The zero-order valence-corrected chi connectivity index (χ0v) is 32.9. The molecule has 3 heterocycles. The summed E-state index contributed by atoms with van der Waals surface area (Å²) in [4.78, 5) is 31.8. The van der Waals surface area contributed by atoms with E-state index in [1.807, 2.05) is 24.3 Å². The van der Waals surface area contributed by atoms with Gasteiger partial charge in [-0.05, 0) is 61.6 Å². The first-order chi connectivity index (χ1) is 26.3. The molecule has 0 aromatic heterocycles. The van der Waals surface area contributed by atoms with Crippen molar-refractivity contribution in [2.45, 2.75) is 43.9 Å². The maximum atomic E-state index is 13.8. The first kappa shape index (κ1) is 41.2. The number of alkyl halides is 1. The van der Waals surface area contributed by atoms with Gasteiger partial charge in [0.15, 0.2) is 0 Å². The Kier molecular flexibility index (Phi) is 15.3. The molecule has 12 heteroatoms. The van der Waals surface area contributed by atoms with Crippen LogP contribution < -0.4 is 19.9 Å². The molecule has 1 amide bonds. The molecule has 292 valence electrons. The number of hydrogen-bond donors (Lipinski definition) is 2. The number of carbonyl (C=O) groups excluding carboxylic acids is 2. The van der Waals surface area contributed by atoms with Crippen molar-refractivity contribution in [2.24, 2.45) is 0 Å². The van der Waals surface area contributed by atoms with Gasteiger partial charge >= 0.3 is 0 Å². The van der Waals surface area contributed by atoms with Crippen molar-refractivity contribution in [3.8, 4) is 11.5 Å². The molecule has 2 N–H and O–H groups in total. The van der Waals surface area contributed by atoms with Crippen molar-refractivity contribution in [3.05, 3.63) is 82.4 Å². The predicted molar refractivity (Wildman–Crippen MR) is 214 cm³/mol. The van der Waals surface area contributed by atoms with E-state index in [0.29, 0.717) is 67.0 Å². The molecule has 0 radical (unpaired) electrons. The summed E-state index contributed by atoms with van der Waals surface area (Å²) in [5, 5.41) is 12.3. The van der Waals surface area contributed by atoms with Crippen molar-refractivity contribution in [3.63, 3.8) is 0 Å². The van der Waals surface area contributed by atoms with E-state index in [2.05, 4.69) is 36.7 Å². The quantitative estimate of drug-likeness (QED) is 0.127. The fraction of sp³-hybridized carbons (Fsp3) is 0.500. The first-order valence-electron chi connectivity index (χ1n) is 18.9. The summed E-state index contributed by atoms with van der Waals surface area (Å²) >= 11 is 5.71. The third-order valence-corrected chi connectivity index (χ3v) is 10.3. The maximum absolute atomic E-state index is 13.8. The van der Waals surface area contributed by atoms with Gasteiger partial charge in [0.05, 0.1) is 30.9 Å². The lowest BCUT2D eigenvalue weighted by molar-refractivity contribution is 0.0468. The molecule has 0 unspecified atom stereocenters. The molecule has 0 bridgehead atoms. The van der Waals surface area contributed by atoms with Crippen LogP contribution in [-0.4, -0.2) is 111 Å². The van der Waals surface area contributed by atoms with E-state index in [1.54, 1.807) is 46.6 Å². The van der Waals surface area contributed by atoms with Crippen molar-refractivity contribution in [1.29, 1.82) is 5.41 Å². The fourth-order valence-corrected chi connectivity index (χ4v) is 7.31. The largest absolute Gasteiger partial charge is 0.457 e. The number of Topliss-reactive ketones (excluding diaryl/α,β-unsaturated/α-hetero) is 1. The van der Waals surface area contributed by atoms with Gasteiger partial charge in [0, 0.05) is 119 Å². The number of nitrogens with one attached hydrogen (secondary N) is 2. The van der Waals surface area contributed by atoms with Crippen LogP contribution in [0.3, 0.4) is 0 Å². The number of ether oxygens (including phenoxy) is 5. The lowest BCUT2D eigenvalue weighted by Crippen LogP contribution is -2.40. The van der Waals surface area contributed by atoms with Crippen molar-refractivity contribution >= 4 is 40.4 Å². The van der Waals surface area contributed by atoms with E-state index >= 15 is 0 Å². The molecule has 0 saturated carbocycles. The fourth-order valence-electron chi connectivity index (χ4n) is 7.12. The van der Waals surface area contributed by atoms with Crippen LogP contribution in [0.25, 0.3) is 0 Å². The topological polar surface area (TPSA) is 123 Å². The van der Waals surface area contributed by atoms with Crippen molar-refractivity contribution < 1.29 is 33.3 Å². The number of rotatable bonds is 15. The number of benzene rings is 3. The van der Waals surface area contributed by atoms with E-state index in [4.69, 9.17) is 25.8 Å². The number of fused-ring (bicyclic) bond motifs is 6. The Balaban J connectivity index is 0.000000878. The van der Waals surface area contributed by atoms with Crippen molar-refractivity contribution in [2.75, 3.05) is 103 Å². The molecule has 7 rings (SSSR count).